The number of carbonyl (C=O) groups is 1. The Labute approximate surface area is 122 Å². The summed E-state index contributed by atoms with van der Waals surface area (Å²) >= 11 is 3.42. The van der Waals surface area contributed by atoms with Crippen LogP contribution in [0.25, 0.3) is 0 Å². The number of carbonyl (C=O) groups excluding carboxylic acids is 1. The van der Waals surface area contributed by atoms with E-state index in [9.17, 15) is 4.79 Å². The molecule has 1 saturated heterocycles. The summed E-state index contributed by atoms with van der Waals surface area (Å²) in [6, 6.07) is 7.55. The third-order valence-electron chi connectivity index (χ3n) is 3.42. The SMILES string of the molecule is O=C(CN1CCN(CCO)CC1)c1ccccc1Br. The molecule has 1 aromatic rings. The molecule has 0 spiro atoms. The van der Waals surface area contributed by atoms with Crippen LogP contribution in [0.15, 0.2) is 28.7 Å². The van der Waals surface area contributed by atoms with Crippen molar-refractivity contribution in [2.75, 3.05) is 45.9 Å². The number of rotatable bonds is 5. The predicted molar refractivity (Wildman–Crippen MR) is 78.4 cm³/mol. The minimum absolute atomic E-state index is 0.156. The molecule has 1 aliphatic rings. The van der Waals surface area contributed by atoms with Crippen LogP contribution in [-0.4, -0.2) is 66.6 Å². The molecule has 1 aliphatic heterocycles. The maximum atomic E-state index is 12.2. The molecule has 0 amide bonds. The largest absolute Gasteiger partial charge is 0.395 e. The molecule has 0 unspecified atom stereocenters. The highest BCUT2D eigenvalue weighted by molar-refractivity contribution is 9.10. The normalized spacial score (nSPS) is 17.6. The zero-order valence-corrected chi connectivity index (χ0v) is 12.5. The summed E-state index contributed by atoms with van der Waals surface area (Å²) in [4.78, 5) is 16.6. The number of ketones is 1. The molecule has 104 valence electrons. The Balaban J connectivity index is 1.86. The van der Waals surface area contributed by atoms with Crippen LogP contribution in [0.1, 0.15) is 10.4 Å². The second kappa shape index (κ2) is 7.14. The summed E-state index contributed by atoms with van der Waals surface area (Å²) in [7, 11) is 0. The van der Waals surface area contributed by atoms with Crippen molar-refractivity contribution >= 4 is 21.7 Å². The van der Waals surface area contributed by atoms with Gasteiger partial charge in [0, 0.05) is 42.8 Å². The molecule has 1 N–H and O–H groups in total. The lowest BCUT2D eigenvalue weighted by Gasteiger charge is -2.33. The molecule has 19 heavy (non-hydrogen) atoms. The number of hydrogen-bond donors (Lipinski definition) is 1. The van der Waals surface area contributed by atoms with Crippen molar-refractivity contribution in [1.82, 2.24) is 9.80 Å². The van der Waals surface area contributed by atoms with Crippen LogP contribution in [0.5, 0.6) is 0 Å². The highest BCUT2D eigenvalue weighted by atomic mass is 79.9. The molecule has 0 saturated carbocycles. The van der Waals surface area contributed by atoms with E-state index in [1.54, 1.807) is 0 Å². The van der Waals surface area contributed by atoms with Crippen molar-refractivity contribution in [3.63, 3.8) is 0 Å². The van der Waals surface area contributed by atoms with Crippen LogP contribution in [0.4, 0.5) is 0 Å². The van der Waals surface area contributed by atoms with Crippen molar-refractivity contribution in [1.29, 1.82) is 0 Å². The zero-order valence-electron chi connectivity index (χ0n) is 10.9. The molecule has 5 heteroatoms. The van der Waals surface area contributed by atoms with Gasteiger partial charge in [0.25, 0.3) is 0 Å². The van der Waals surface area contributed by atoms with Crippen LogP contribution >= 0.6 is 15.9 Å². The molecule has 0 radical (unpaired) electrons. The molecular formula is C14H19BrN2O2. The van der Waals surface area contributed by atoms with Crippen LogP contribution in [0.2, 0.25) is 0 Å². The Morgan fingerprint density at radius 3 is 2.42 bits per heavy atom. The number of aliphatic hydroxyl groups excluding tert-OH is 1. The van der Waals surface area contributed by atoms with E-state index in [2.05, 4.69) is 25.7 Å². The maximum absolute atomic E-state index is 12.2. The smallest absolute Gasteiger partial charge is 0.177 e. The van der Waals surface area contributed by atoms with Gasteiger partial charge in [-0.25, -0.2) is 0 Å². The monoisotopic (exact) mass is 326 g/mol. The van der Waals surface area contributed by atoms with Gasteiger partial charge in [-0.2, -0.15) is 0 Å². The molecule has 2 rings (SSSR count). The van der Waals surface area contributed by atoms with Gasteiger partial charge >= 0.3 is 0 Å². The van der Waals surface area contributed by atoms with Gasteiger partial charge in [-0.05, 0) is 6.07 Å². The molecule has 4 nitrogen and oxygen atoms in total. The van der Waals surface area contributed by atoms with Gasteiger partial charge in [-0.1, -0.05) is 34.1 Å². The number of nitrogens with zero attached hydrogens (tertiary/aromatic N) is 2. The third kappa shape index (κ3) is 4.11. The van der Waals surface area contributed by atoms with Crippen molar-refractivity contribution in [2.45, 2.75) is 0 Å². The first-order chi connectivity index (χ1) is 9.20. The number of halogens is 1. The third-order valence-corrected chi connectivity index (χ3v) is 4.11. The van der Waals surface area contributed by atoms with Crippen molar-refractivity contribution in [2.24, 2.45) is 0 Å². The average Bonchev–Trinajstić information content (AvgIpc) is 2.42. The molecule has 0 bridgehead atoms. The fourth-order valence-corrected chi connectivity index (χ4v) is 2.79. The summed E-state index contributed by atoms with van der Waals surface area (Å²) in [5, 5.41) is 8.89. The van der Waals surface area contributed by atoms with Gasteiger partial charge in [0.1, 0.15) is 0 Å². The number of Topliss-reactive ketones (excluding diaryl/α,β-unsaturated/α-hetero) is 1. The van der Waals surface area contributed by atoms with Gasteiger partial charge in [0.2, 0.25) is 0 Å². The number of β-amino-alcohol motifs (C(OH)–C–C–N with tert-alkyl or cyclic N) is 1. The predicted octanol–water partition coefficient (Wildman–Crippen LogP) is 1.24. The highest BCUT2D eigenvalue weighted by Crippen LogP contribution is 2.17. The van der Waals surface area contributed by atoms with Gasteiger partial charge < -0.3 is 5.11 Å². The summed E-state index contributed by atoms with van der Waals surface area (Å²) < 4.78 is 0.860. The van der Waals surface area contributed by atoms with Gasteiger partial charge in [-0.15, -0.1) is 0 Å². The van der Waals surface area contributed by atoms with E-state index >= 15 is 0 Å². The van der Waals surface area contributed by atoms with E-state index in [1.807, 2.05) is 24.3 Å². The number of aliphatic hydroxyl groups is 1. The first kappa shape index (κ1) is 14.7. The fourth-order valence-electron chi connectivity index (χ4n) is 2.29. The number of piperazine rings is 1. The van der Waals surface area contributed by atoms with Crippen LogP contribution in [0.3, 0.4) is 0 Å². The molecule has 1 heterocycles. The highest BCUT2D eigenvalue weighted by Gasteiger charge is 2.19. The first-order valence-electron chi connectivity index (χ1n) is 6.54. The Morgan fingerprint density at radius 2 is 1.79 bits per heavy atom. The molecule has 1 aromatic carbocycles. The van der Waals surface area contributed by atoms with Gasteiger partial charge in [0.15, 0.2) is 5.78 Å². The van der Waals surface area contributed by atoms with E-state index in [0.717, 1.165) is 42.8 Å². The van der Waals surface area contributed by atoms with Crippen molar-refractivity contribution in [3.8, 4) is 0 Å². The Bertz CT molecular complexity index is 431. The summed E-state index contributed by atoms with van der Waals surface area (Å²) in [6.45, 7) is 5.01. The van der Waals surface area contributed by atoms with Crippen LogP contribution in [-0.2, 0) is 0 Å². The minimum Gasteiger partial charge on any atom is -0.395 e. The van der Waals surface area contributed by atoms with Crippen LogP contribution in [0, 0.1) is 0 Å². The Kier molecular flexibility index (Phi) is 5.51. The quantitative estimate of drug-likeness (QED) is 0.827. The van der Waals surface area contributed by atoms with Crippen molar-refractivity contribution in [3.05, 3.63) is 34.3 Å². The second-order valence-corrected chi connectivity index (χ2v) is 5.60. The lowest BCUT2D eigenvalue weighted by atomic mass is 10.1. The van der Waals surface area contributed by atoms with Crippen molar-refractivity contribution < 1.29 is 9.90 Å². The minimum atomic E-state index is 0.156. The molecule has 0 aromatic heterocycles. The number of benzene rings is 1. The van der Waals surface area contributed by atoms with Gasteiger partial charge in [-0.3, -0.25) is 14.6 Å². The van der Waals surface area contributed by atoms with E-state index in [-0.39, 0.29) is 12.4 Å². The molecule has 1 fully saturated rings. The molecule has 0 aliphatic carbocycles. The maximum Gasteiger partial charge on any atom is 0.177 e. The zero-order chi connectivity index (χ0) is 13.7. The number of hydrogen-bond acceptors (Lipinski definition) is 4. The lowest BCUT2D eigenvalue weighted by molar-refractivity contribution is 0.0822. The van der Waals surface area contributed by atoms with E-state index in [1.165, 1.54) is 0 Å². The summed E-state index contributed by atoms with van der Waals surface area (Å²) in [6.07, 6.45) is 0. The second-order valence-electron chi connectivity index (χ2n) is 4.74. The molecule has 0 atom stereocenters. The van der Waals surface area contributed by atoms with E-state index in [4.69, 9.17) is 5.11 Å². The Morgan fingerprint density at radius 1 is 1.16 bits per heavy atom. The van der Waals surface area contributed by atoms with Gasteiger partial charge in [0.05, 0.1) is 13.2 Å². The van der Waals surface area contributed by atoms with E-state index < -0.39 is 0 Å². The van der Waals surface area contributed by atoms with Crippen LogP contribution < -0.4 is 0 Å². The Hall–Kier alpha value is -0.750. The molecular weight excluding hydrogens is 308 g/mol. The average molecular weight is 327 g/mol. The first-order valence-corrected chi connectivity index (χ1v) is 7.33. The standard InChI is InChI=1S/C14H19BrN2O2/c15-13-4-2-1-3-12(13)14(19)11-17-7-5-16(6-8-17)9-10-18/h1-4,18H,5-11H2. The lowest BCUT2D eigenvalue weighted by Crippen LogP contribution is -2.48. The summed E-state index contributed by atoms with van der Waals surface area (Å²) in [5.41, 5.74) is 0.750. The van der Waals surface area contributed by atoms with E-state index in [0.29, 0.717) is 6.54 Å². The topological polar surface area (TPSA) is 43.8 Å². The summed E-state index contributed by atoms with van der Waals surface area (Å²) in [5.74, 6) is 0.156. The fraction of sp³-hybridized carbons (Fsp3) is 0.500.